The molecule has 3 aromatic rings. The topological polar surface area (TPSA) is 70.7 Å². The van der Waals surface area contributed by atoms with Crippen LogP contribution in [-0.2, 0) is 4.79 Å². The maximum Gasteiger partial charge on any atom is 0.266 e. The number of aromatic nitrogens is 2. The van der Waals surface area contributed by atoms with Crippen LogP contribution in [0.3, 0.4) is 0 Å². The average molecular weight is 383 g/mol. The van der Waals surface area contributed by atoms with Crippen molar-refractivity contribution in [2.24, 2.45) is 0 Å². The van der Waals surface area contributed by atoms with Crippen LogP contribution in [-0.4, -0.2) is 15.5 Å². The Labute approximate surface area is 160 Å². The number of rotatable bonds is 4. The van der Waals surface area contributed by atoms with Gasteiger partial charge in [0.15, 0.2) is 5.13 Å². The minimum atomic E-state index is -0.500. The van der Waals surface area contributed by atoms with E-state index in [1.165, 1.54) is 11.3 Å². The quantitative estimate of drug-likeness (QED) is 0.522. The Balaban J connectivity index is 1.93. The SMILES string of the molecule is Cc1cc(/C=C(\C#N)C(=O)Nc2ccccc2Cl)c(C)n1-c1nccs1. The Morgan fingerprint density at radius 3 is 2.81 bits per heavy atom. The summed E-state index contributed by atoms with van der Waals surface area (Å²) in [6.45, 7) is 3.89. The molecule has 1 aromatic carbocycles. The Kier molecular flexibility index (Phi) is 5.21. The molecule has 0 aliphatic heterocycles. The van der Waals surface area contributed by atoms with E-state index in [-0.39, 0.29) is 5.57 Å². The number of carbonyl (C=O) groups excluding carboxylic acids is 1. The van der Waals surface area contributed by atoms with Gasteiger partial charge in [0.2, 0.25) is 0 Å². The zero-order chi connectivity index (χ0) is 18.7. The average Bonchev–Trinajstić information content (AvgIpc) is 3.22. The molecular weight excluding hydrogens is 368 g/mol. The number of anilines is 1. The first kappa shape index (κ1) is 17.9. The standard InChI is InChI=1S/C19H15ClN4OS/c1-12-9-14(13(2)24(12)19-22-7-8-26-19)10-15(11-21)18(25)23-17-6-4-3-5-16(17)20/h3-10H,1-2H3,(H,23,25)/b15-10+. The third-order valence-electron chi connectivity index (χ3n) is 3.87. The highest BCUT2D eigenvalue weighted by atomic mass is 35.5. The summed E-state index contributed by atoms with van der Waals surface area (Å²) in [5, 5.41) is 15.3. The van der Waals surface area contributed by atoms with E-state index in [1.54, 1.807) is 36.5 Å². The van der Waals surface area contributed by atoms with Crippen molar-refractivity contribution >= 4 is 40.6 Å². The predicted molar refractivity (Wildman–Crippen MR) is 105 cm³/mol. The number of nitrogens with zero attached hydrogens (tertiary/aromatic N) is 3. The number of nitriles is 1. The summed E-state index contributed by atoms with van der Waals surface area (Å²) >= 11 is 7.58. The normalized spacial score (nSPS) is 11.2. The second kappa shape index (κ2) is 7.56. The van der Waals surface area contributed by atoms with Crippen LogP contribution in [0.25, 0.3) is 11.2 Å². The summed E-state index contributed by atoms with van der Waals surface area (Å²) in [6.07, 6.45) is 3.32. The molecule has 1 N–H and O–H groups in total. The molecule has 0 aliphatic carbocycles. The first-order valence-electron chi connectivity index (χ1n) is 7.77. The van der Waals surface area contributed by atoms with Crippen molar-refractivity contribution in [1.82, 2.24) is 9.55 Å². The van der Waals surface area contributed by atoms with Crippen molar-refractivity contribution in [2.45, 2.75) is 13.8 Å². The van der Waals surface area contributed by atoms with Gasteiger partial charge in [0.1, 0.15) is 11.6 Å². The minimum Gasteiger partial charge on any atom is -0.320 e. The Bertz CT molecular complexity index is 1030. The largest absolute Gasteiger partial charge is 0.320 e. The summed E-state index contributed by atoms with van der Waals surface area (Å²) in [6, 6.07) is 10.8. The van der Waals surface area contributed by atoms with Gasteiger partial charge in [0.25, 0.3) is 5.91 Å². The van der Waals surface area contributed by atoms with Crippen molar-refractivity contribution in [1.29, 1.82) is 5.26 Å². The molecule has 1 amide bonds. The smallest absolute Gasteiger partial charge is 0.266 e. The van der Waals surface area contributed by atoms with Gasteiger partial charge in [0, 0.05) is 23.0 Å². The fourth-order valence-electron chi connectivity index (χ4n) is 2.61. The Morgan fingerprint density at radius 2 is 2.15 bits per heavy atom. The molecule has 0 radical (unpaired) electrons. The molecule has 0 atom stereocenters. The summed E-state index contributed by atoms with van der Waals surface area (Å²) in [4.78, 5) is 16.8. The second-order valence-corrected chi connectivity index (χ2v) is 6.86. The lowest BCUT2D eigenvalue weighted by Gasteiger charge is -2.06. The van der Waals surface area contributed by atoms with Gasteiger partial charge in [-0.1, -0.05) is 23.7 Å². The lowest BCUT2D eigenvalue weighted by molar-refractivity contribution is -0.112. The lowest BCUT2D eigenvalue weighted by Crippen LogP contribution is -2.13. The van der Waals surface area contributed by atoms with Crippen LogP contribution >= 0.6 is 22.9 Å². The number of amides is 1. The van der Waals surface area contributed by atoms with E-state index in [2.05, 4.69) is 10.3 Å². The van der Waals surface area contributed by atoms with Crippen molar-refractivity contribution < 1.29 is 4.79 Å². The monoisotopic (exact) mass is 382 g/mol. The molecule has 5 nitrogen and oxygen atoms in total. The van der Waals surface area contributed by atoms with Gasteiger partial charge in [-0.3, -0.25) is 9.36 Å². The number of nitrogens with one attached hydrogen (secondary N) is 1. The van der Waals surface area contributed by atoms with Crippen LogP contribution in [0.4, 0.5) is 5.69 Å². The number of hydrogen-bond acceptors (Lipinski definition) is 4. The number of carbonyl (C=O) groups is 1. The van der Waals surface area contributed by atoms with Gasteiger partial charge in [-0.05, 0) is 43.7 Å². The van der Waals surface area contributed by atoms with Gasteiger partial charge >= 0.3 is 0 Å². The molecule has 0 saturated heterocycles. The maximum absolute atomic E-state index is 12.5. The van der Waals surface area contributed by atoms with Crippen LogP contribution in [0.15, 0.2) is 47.5 Å². The highest BCUT2D eigenvalue weighted by Gasteiger charge is 2.15. The first-order valence-corrected chi connectivity index (χ1v) is 9.03. The third kappa shape index (κ3) is 3.54. The van der Waals surface area contributed by atoms with E-state index < -0.39 is 5.91 Å². The minimum absolute atomic E-state index is 0.00399. The number of halogens is 1. The number of hydrogen-bond donors (Lipinski definition) is 1. The third-order valence-corrected chi connectivity index (χ3v) is 4.95. The molecular formula is C19H15ClN4OS. The molecule has 0 aliphatic rings. The summed E-state index contributed by atoms with van der Waals surface area (Å²) in [5.41, 5.74) is 3.16. The molecule has 26 heavy (non-hydrogen) atoms. The second-order valence-electron chi connectivity index (χ2n) is 5.58. The van der Waals surface area contributed by atoms with Crippen molar-refractivity contribution in [3.63, 3.8) is 0 Å². The number of aryl methyl sites for hydroxylation is 1. The molecule has 3 rings (SSSR count). The van der Waals surface area contributed by atoms with Crippen LogP contribution in [0.2, 0.25) is 5.02 Å². The van der Waals surface area contributed by atoms with E-state index in [0.717, 1.165) is 22.1 Å². The van der Waals surface area contributed by atoms with Gasteiger partial charge < -0.3 is 5.32 Å². The van der Waals surface area contributed by atoms with Gasteiger partial charge in [-0.15, -0.1) is 11.3 Å². The van der Waals surface area contributed by atoms with Crippen LogP contribution in [0, 0.1) is 25.2 Å². The van der Waals surface area contributed by atoms with Gasteiger partial charge in [-0.25, -0.2) is 4.98 Å². The predicted octanol–water partition coefficient (Wildman–Crippen LogP) is 4.75. The lowest BCUT2D eigenvalue weighted by atomic mass is 10.1. The molecule has 2 aromatic heterocycles. The van der Waals surface area contributed by atoms with E-state index in [4.69, 9.17) is 11.6 Å². The Morgan fingerprint density at radius 1 is 1.38 bits per heavy atom. The van der Waals surface area contributed by atoms with Gasteiger partial charge in [0.05, 0.1) is 10.7 Å². The van der Waals surface area contributed by atoms with Crippen molar-refractivity contribution in [2.75, 3.05) is 5.32 Å². The molecule has 7 heteroatoms. The van der Waals surface area contributed by atoms with Crippen LogP contribution < -0.4 is 5.32 Å². The first-order chi connectivity index (χ1) is 12.5. The Hall–Kier alpha value is -2.88. The molecule has 130 valence electrons. The van der Waals surface area contributed by atoms with E-state index >= 15 is 0 Å². The molecule has 0 fully saturated rings. The molecule has 0 saturated carbocycles. The van der Waals surface area contributed by atoms with Crippen LogP contribution in [0.1, 0.15) is 17.0 Å². The maximum atomic E-state index is 12.5. The van der Waals surface area contributed by atoms with Crippen molar-refractivity contribution in [3.8, 4) is 11.2 Å². The number of para-hydroxylation sites is 1. The highest BCUT2D eigenvalue weighted by molar-refractivity contribution is 7.12. The van der Waals surface area contributed by atoms with E-state index in [9.17, 15) is 10.1 Å². The van der Waals surface area contributed by atoms with E-state index in [0.29, 0.717) is 10.7 Å². The zero-order valence-corrected chi connectivity index (χ0v) is 15.7. The summed E-state index contributed by atoms with van der Waals surface area (Å²) in [5.74, 6) is -0.500. The fourth-order valence-corrected chi connectivity index (χ4v) is 3.55. The highest BCUT2D eigenvalue weighted by Crippen LogP contribution is 2.25. The molecule has 0 bridgehead atoms. The number of thiazole rings is 1. The molecule has 0 spiro atoms. The molecule has 0 unspecified atom stereocenters. The van der Waals surface area contributed by atoms with Gasteiger partial charge in [-0.2, -0.15) is 5.26 Å². The number of benzene rings is 1. The zero-order valence-electron chi connectivity index (χ0n) is 14.2. The van der Waals surface area contributed by atoms with Crippen LogP contribution in [0.5, 0.6) is 0 Å². The van der Waals surface area contributed by atoms with E-state index in [1.807, 2.05) is 35.9 Å². The fraction of sp³-hybridized carbons (Fsp3) is 0.105. The molecule has 2 heterocycles. The summed E-state index contributed by atoms with van der Waals surface area (Å²) < 4.78 is 2.00. The van der Waals surface area contributed by atoms with Crippen molar-refractivity contribution in [3.05, 3.63) is 69.5 Å². The summed E-state index contributed by atoms with van der Waals surface area (Å²) in [7, 11) is 0.